The fourth-order valence-electron chi connectivity index (χ4n) is 4.71. The van der Waals surface area contributed by atoms with Crippen LogP contribution >= 0.6 is 0 Å². The summed E-state index contributed by atoms with van der Waals surface area (Å²) < 4.78 is 5.53. The SMILES string of the molecule is CO[C@@]12CC[C@H](O)[C@@H](/C=C/[C@H](O)C3CCCCC3)[C@@H]1CC2=O. The van der Waals surface area contributed by atoms with Gasteiger partial charge in [-0.15, -0.1) is 0 Å². The van der Waals surface area contributed by atoms with Gasteiger partial charge in [-0.2, -0.15) is 0 Å². The van der Waals surface area contributed by atoms with Gasteiger partial charge in [0, 0.05) is 25.4 Å². The molecule has 4 nitrogen and oxygen atoms in total. The monoisotopic (exact) mass is 308 g/mol. The molecule has 4 heteroatoms. The summed E-state index contributed by atoms with van der Waals surface area (Å²) in [6.07, 6.45) is 10.5. The molecule has 0 bridgehead atoms. The van der Waals surface area contributed by atoms with Crippen LogP contribution in [0.25, 0.3) is 0 Å². The first-order valence-corrected chi connectivity index (χ1v) is 8.71. The molecular weight excluding hydrogens is 280 g/mol. The second-order valence-corrected chi connectivity index (χ2v) is 7.28. The summed E-state index contributed by atoms with van der Waals surface area (Å²) in [5, 5.41) is 20.7. The van der Waals surface area contributed by atoms with E-state index in [1.54, 1.807) is 7.11 Å². The summed E-state index contributed by atoms with van der Waals surface area (Å²) in [6.45, 7) is 0. The Balaban J connectivity index is 1.67. The summed E-state index contributed by atoms with van der Waals surface area (Å²) in [4.78, 5) is 12.0. The number of methoxy groups -OCH3 is 1. The third-order valence-electron chi connectivity index (χ3n) is 6.22. The molecule has 0 unspecified atom stereocenters. The molecule has 0 spiro atoms. The van der Waals surface area contributed by atoms with Gasteiger partial charge in [0.1, 0.15) is 5.60 Å². The molecule has 0 aliphatic heterocycles. The first-order valence-electron chi connectivity index (χ1n) is 8.71. The van der Waals surface area contributed by atoms with Gasteiger partial charge in [0.2, 0.25) is 0 Å². The predicted molar refractivity (Wildman–Crippen MR) is 83.3 cm³/mol. The Kier molecular flexibility index (Phi) is 4.72. The molecule has 3 fully saturated rings. The van der Waals surface area contributed by atoms with Crippen molar-refractivity contribution in [2.24, 2.45) is 17.8 Å². The van der Waals surface area contributed by atoms with Crippen LogP contribution in [-0.2, 0) is 9.53 Å². The Morgan fingerprint density at radius 3 is 2.64 bits per heavy atom. The van der Waals surface area contributed by atoms with Gasteiger partial charge in [-0.25, -0.2) is 0 Å². The van der Waals surface area contributed by atoms with Crippen LogP contribution < -0.4 is 0 Å². The molecule has 3 aliphatic rings. The maximum atomic E-state index is 12.0. The zero-order valence-corrected chi connectivity index (χ0v) is 13.4. The Bertz CT molecular complexity index is 440. The number of aliphatic hydroxyl groups excluding tert-OH is 2. The molecule has 2 N–H and O–H groups in total. The molecule has 0 aromatic carbocycles. The number of Topliss-reactive ketones (excluding diaryl/α,β-unsaturated/α-hetero) is 1. The van der Waals surface area contributed by atoms with Crippen LogP contribution in [0.2, 0.25) is 0 Å². The van der Waals surface area contributed by atoms with Crippen molar-refractivity contribution < 1.29 is 19.7 Å². The highest BCUT2D eigenvalue weighted by Crippen LogP contribution is 2.51. The third-order valence-corrected chi connectivity index (χ3v) is 6.22. The second kappa shape index (κ2) is 6.42. The fraction of sp³-hybridized carbons (Fsp3) is 0.833. The first kappa shape index (κ1) is 16.2. The standard InChI is InChI=1S/C18H28O4/c1-22-18-10-9-16(20)13(14(18)11-17(18)21)7-8-15(19)12-5-3-2-4-6-12/h7-8,12-16,19-20H,2-6,9-11H2,1H3/b8-7+/t13-,14-,15-,16-,18-/m0/s1. The average molecular weight is 308 g/mol. The maximum Gasteiger partial charge on any atom is 0.165 e. The molecule has 0 saturated heterocycles. The minimum atomic E-state index is -0.677. The van der Waals surface area contributed by atoms with Crippen molar-refractivity contribution in [2.75, 3.05) is 7.11 Å². The van der Waals surface area contributed by atoms with E-state index in [2.05, 4.69) is 0 Å². The van der Waals surface area contributed by atoms with E-state index < -0.39 is 17.8 Å². The van der Waals surface area contributed by atoms with Crippen molar-refractivity contribution in [1.29, 1.82) is 0 Å². The van der Waals surface area contributed by atoms with Gasteiger partial charge in [-0.3, -0.25) is 4.79 Å². The Morgan fingerprint density at radius 2 is 2.00 bits per heavy atom. The zero-order valence-electron chi connectivity index (χ0n) is 13.4. The minimum absolute atomic E-state index is 0.0588. The Hall–Kier alpha value is -0.710. The quantitative estimate of drug-likeness (QED) is 0.782. The molecule has 5 atom stereocenters. The molecular formula is C18H28O4. The van der Waals surface area contributed by atoms with E-state index in [1.807, 2.05) is 12.2 Å². The fourth-order valence-corrected chi connectivity index (χ4v) is 4.71. The van der Waals surface area contributed by atoms with Crippen molar-refractivity contribution in [2.45, 2.75) is 69.2 Å². The molecule has 0 heterocycles. The van der Waals surface area contributed by atoms with E-state index in [4.69, 9.17) is 4.74 Å². The van der Waals surface area contributed by atoms with Gasteiger partial charge in [-0.05, 0) is 31.6 Å². The average Bonchev–Trinajstić information content (AvgIpc) is 2.54. The number of rotatable bonds is 4. The van der Waals surface area contributed by atoms with Crippen LogP contribution in [0.5, 0.6) is 0 Å². The number of carbonyl (C=O) groups is 1. The van der Waals surface area contributed by atoms with Gasteiger partial charge in [0.25, 0.3) is 0 Å². The molecule has 3 aliphatic carbocycles. The highest BCUT2D eigenvalue weighted by Gasteiger charge is 2.60. The van der Waals surface area contributed by atoms with Crippen LogP contribution in [0.15, 0.2) is 12.2 Å². The number of ether oxygens (including phenoxy) is 1. The van der Waals surface area contributed by atoms with Crippen molar-refractivity contribution >= 4 is 5.78 Å². The van der Waals surface area contributed by atoms with Gasteiger partial charge in [-0.1, -0.05) is 31.4 Å². The van der Waals surface area contributed by atoms with E-state index in [1.165, 1.54) is 19.3 Å². The summed E-state index contributed by atoms with van der Waals surface area (Å²) in [5.41, 5.74) is -0.677. The summed E-state index contributed by atoms with van der Waals surface area (Å²) in [7, 11) is 1.60. The number of ketones is 1. The number of carbonyl (C=O) groups excluding carboxylic acids is 1. The van der Waals surface area contributed by atoms with Gasteiger partial charge in [0.15, 0.2) is 5.78 Å². The minimum Gasteiger partial charge on any atom is -0.393 e. The lowest BCUT2D eigenvalue weighted by molar-refractivity contribution is -0.191. The van der Waals surface area contributed by atoms with Crippen LogP contribution in [-0.4, -0.2) is 40.9 Å². The second-order valence-electron chi connectivity index (χ2n) is 7.28. The lowest BCUT2D eigenvalue weighted by Gasteiger charge is -2.54. The number of aliphatic hydroxyl groups is 2. The molecule has 22 heavy (non-hydrogen) atoms. The van der Waals surface area contributed by atoms with Crippen LogP contribution in [0, 0.1) is 17.8 Å². The molecule has 0 radical (unpaired) electrons. The molecule has 124 valence electrons. The molecule has 0 aromatic heterocycles. The lowest BCUT2D eigenvalue weighted by atomic mass is 9.55. The zero-order chi connectivity index (χ0) is 15.7. The highest BCUT2D eigenvalue weighted by atomic mass is 16.5. The van der Waals surface area contributed by atoms with Crippen molar-refractivity contribution in [3.63, 3.8) is 0 Å². The van der Waals surface area contributed by atoms with E-state index >= 15 is 0 Å². The maximum absolute atomic E-state index is 12.0. The van der Waals surface area contributed by atoms with Crippen molar-refractivity contribution in [1.82, 2.24) is 0 Å². The highest BCUT2D eigenvalue weighted by molar-refractivity contribution is 5.94. The predicted octanol–water partition coefficient (Wildman–Crippen LogP) is 2.23. The van der Waals surface area contributed by atoms with E-state index in [0.717, 1.165) is 12.8 Å². The summed E-state index contributed by atoms with van der Waals surface area (Å²) >= 11 is 0. The van der Waals surface area contributed by atoms with E-state index in [-0.39, 0.29) is 17.6 Å². The smallest absolute Gasteiger partial charge is 0.165 e. The number of fused-ring (bicyclic) bond motifs is 1. The van der Waals surface area contributed by atoms with E-state index in [9.17, 15) is 15.0 Å². The topological polar surface area (TPSA) is 66.8 Å². The van der Waals surface area contributed by atoms with Crippen molar-refractivity contribution in [3.05, 3.63) is 12.2 Å². The van der Waals surface area contributed by atoms with Gasteiger partial charge < -0.3 is 14.9 Å². The molecule has 3 rings (SSSR count). The molecule has 0 amide bonds. The Labute approximate surface area is 132 Å². The van der Waals surface area contributed by atoms with Crippen LogP contribution in [0.3, 0.4) is 0 Å². The van der Waals surface area contributed by atoms with Gasteiger partial charge >= 0.3 is 0 Å². The largest absolute Gasteiger partial charge is 0.393 e. The van der Waals surface area contributed by atoms with E-state index in [0.29, 0.717) is 25.2 Å². The van der Waals surface area contributed by atoms with Crippen LogP contribution in [0.4, 0.5) is 0 Å². The molecule has 0 aromatic rings. The number of hydrogen-bond donors (Lipinski definition) is 2. The van der Waals surface area contributed by atoms with Gasteiger partial charge in [0.05, 0.1) is 12.2 Å². The number of hydrogen-bond acceptors (Lipinski definition) is 4. The lowest BCUT2D eigenvalue weighted by Crippen LogP contribution is -2.64. The normalized spacial score (nSPS) is 41.2. The summed E-state index contributed by atoms with van der Waals surface area (Å²) in [6, 6.07) is 0. The van der Waals surface area contributed by atoms with Crippen molar-refractivity contribution in [3.8, 4) is 0 Å². The van der Waals surface area contributed by atoms with Crippen LogP contribution in [0.1, 0.15) is 51.4 Å². The summed E-state index contributed by atoms with van der Waals surface area (Å²) in [5.74, 6) is 0.493. The Morgan fingerprint density at radius 1 is 1.27 bits per heavy atom. The molecule has 3 saturated carbocycles. The first-order chi connectivity index (χ1) is 10.6. The third kappa shape index (κ3) is 2.66.